The average Bonchev–Trinajstić information content (AvgIpc) is 3.52. The number of anilines is 2. The fraction of sp³-hybridized carbons (Fsp3) is 0.318. The molecule has 1 aliphatic carbocycles. The Morgan fingerprint density at radius 2 is 1.85 bits per heavy atom. The normalized spacial score (nSPS) is 15.2. The van der Waals surface area contributed by atoms with Crippen LogP contribution in [0.3, 0.4) is 0 Å². The molecule has 1 aromatic carbocycles. The van der Waals surface area contributed by atoms with Gasteiger partial charge in [-0.2, -0.15) is 13.2 Å². The number of halogens is 3. The van der Waals surface area contributed by atoms with E-state index in [1.54, 1.807) is 31.4 Å². The van der Waals surface area contributed by atoms with Gasteiger partial charge in [0.2, 0.25) is 5.91 Å². The number of alkyl halides is 3. The molecule has 2 aromatic heterocycles. The van der Waals surface area contributed by atoms with Gasteiger partial charge in [-0.3, -0.25) is 14.5 Å². The van der Waals surface area contributed by atoms with E-state index in [9.17, 15) is 22.2 Å². The molecule has 2 heterocycles. The molecule has 0 aliphatic heterocycles. The molecule has 0 bridgehead atoms. The van der Waals surface area contributed by atoms with Gasteiger partial charge in [-0.25, -0.2) is 9.19 Å². The largest absolute Gasteiger partial charge is 0.433 e. The first-order valence-corrected chi connectivity index (χ1v) is 12.2. The number of hydrogen-bond donors (Lipinski definition) is 2. The van der Waals surface area contributed by atoms with Gasteiger partial charge < -0.3 is 5.32 Å². The van der Waals surface area contributed by atoms with Gasteiger partial charge in [0.05, 0.1) is 16.4 Å². The van der Waals surface area contributed by atoms with Crippen molar-refractivity contribution in [3.8, 4) is 11.1 Å². The summed E-state index contributed by atoms with van der Waals surface area (Å²) < 4.78 is 54.7. The molecule has 1 amide bonds. The van der Waals surface area contributed by atoms with Gasteiger partial charge in [0, 0.05) is 22.8 Å². The summed E-state index contributed by atoms with van der Waals surface area (Å²) in [4.78, 5) is 20.8. The Morgan fingerprint density at radius 1 is 1.15 bits per heavy atom. The van der Waals surface area contributed by atoms with E-state index in [-0.39, 0.29) is 16.7 Å². The Labute approximate surface area is 195 Å². The van der Waals surface area contributed by atoms with Crippen molar-refractivity contribution in [2.45, 2.75) is 43.5 Å². The molecule has 0 radical (unpaired) electrons. The summed E-state index contributed by atoms with van der Waals surface area (Å²) >= 11 is 1.28. The minimum atomic E-state index is -4.57. The number of aromatic nitrogens is 2. The lowest BCUT2D eigenvalue weighted by atomic mass is 9.89. The molecule has 6 nitrogen and oxygen atoms in total. The molecular formula is C22H21F3N4O2S2. The van der Waals surface area contributed by atoms with Crippen LogP contribution in [0.2, 0.25) is 0 Å². The zero-order valence-corrected chi connectivity index (χ0v) is 19.4. The second-order valence-corrected chi connectivity index (χ2v) is 10.5. The van der Waals surface area contributed by atoms with Gasteiger partial charge in [0.1, 0.15) is 11.0 Å². The van der Waals surface area contributed by atoms with Gasteiger partial charge in [-0.15, -0.1) is 11.3 Å². The predicted molar refractivity (Wildman–Crippen MR) is 123 cm³/mol. The number of rotatable bonds is 7. The van der Waals surface area contributed by atoms with E-state index in [1.165, 1.54) is 35.6 Å². The van der Waals surface area contributed by atoms with Crippen LogP contribution in [0.4, 0.5) is 24.0 Å². The molecule has 11 heteroatoms. The molecule has 1 fully saturated rings. The van der Waals surface area contributed by atoms with Crippen molar-refractivity contribution in [1.82, 2.24) is 9.97 Å². The van der Waals surface area contributed by atoms with E-state index < -0.39 is 28.3 Å². The Morgan fingerprint density at radius 3 is 2.48 bits per heavy atom. The molecule has 1 atom stereocenters. The third kappa shape index (κ3) is 5.25. The summed E-state index contributed by atoms with van der Waals surface area (Å²) in [5, 5.41) is 5.20. The van der Waals surface area contributed by atoms with Gasteiger partial charge >= 0.3 is 6.18 Å². The predicted octanol–water partition coefficient (Wildman–Crippen LogP) is 5.38. The summed E-state index contributed by atoms with van der Waals surface area (Å²) in [6, 6.07) is 8.91. The highest BCUT2D eigenvalue weighted by Gasteiger charge is 2.36. The molecule has 1 saturated carbocycles. The third-order valence-electron chi connectivity index (χ3n) is 5.26. The Bertz CT molecular complexity index is 1190. The highest BCUT2D eigenvalue weighted by Crippen LogP contribution is 2.36. The Hall–Kier alpha value is -2.79. The Kier molecular flexibility index (Phi) is 6.28. The van der Waals surface area contributed by atoms with E-state index in [2.05, 4.69) is 20.0 Å². The number of carbonyl (C=O) groups excluding carboxylic acids is 1. The molecule has 2 N–H and O–H groups in total. The molecule has 0 spiro atoms. The monoisotopic (exact) mass is 494 g/mol. The maximum atomic E-state index is 13.2. The first-order chi connectivity index (χ1) is 15.6. The van der Waals surface area contributed by atoms with Crippen LogP contribution in [0.1, 0.15) is 38.1 Å². The maximum absolute atomic E-state index is 13.2. The van der Waals surface area contributed by atoms with Crippen molar-refractivity contribution in [3.63, 3.8) is 0 Å². The van der Waals surface area contributed by atoms with E-state index in [4.69, 9.17) is 0 Å². The number of nitrogens with one attached hydrogen (secondary N) is 2. The molecule has 0 saturated heterocycles. The zero-order valence-electron chi connectivity index (χ0n) is 17.8. The fourth-order valence-corrected chi connectivity index (χ4v) is 5.17. The summed E-state index contributed by atoms with van der Waals surface area (Å²) in [5.41, 5.74) is -0.665. The van der Waals surface area contributed by atoms with Crippen LogP contribution >= 0.6 is 11.3 Å². The quantitative estimate of drug-likeness (QED) is 0.462. The average molecular weight is 495 g/mol. The van der Waals surface area contributed by atoms with E-state index in [1.807, 2.05) is 0 Å². The van der Waals surface area contributed by atoms with E-state index >= 15 is 0 Å². The minimum Gasteiger partial charge on any atom is -0.325 e. The number of pyridine rings is 1. The Balaban J connectivity index is 1.46. The van der Waals surface area contributed by atoms with Crippen molar-refractivity contribution in [3.05, 3.63) is 59.4 Å². The highest BCUT2D eigenvalue weighted by atomic mass is 32.2. The summed E-state index contributed by atoms with van der Waals surface area (Å²) in [6.45, 7) is 3.44. The van der Waals surface area contributed by atoms with E-state index in [0.717, 1.165) is 19.0 Å². The topological polar surface area (TPSA) is 84.0 Å². The van der Waals surface area contributed by atoms with Crippen molar-refractivity contribution >= 4 is 39.0 Å². The number of amides is 1. The van der Waals surface area contributed by atoms with Gasteiger partial charge in [0.15, 0.2) is 10.8 Å². The first-order valence-electron chi connectivity index (χ1n) is 10.1. The fourth-order valence-electron chi connectivity index (χ4n) is 3.06. The van der Waals surface area contributed by atoms with Gasteiger partial charge in [-0.1, -0.05) is 18.2 Å². The minimum absolute atomic E-state index is 0.0331. The third-order valence-corrected chi connectivity index (χ3v) is 7.62. The van der Waals surface area contributed by atoms with Crippen molar-refractivity contribution in [2.24, 2.45) is 0 Å². The van der Waals surface area contributed by atoms with Crippen LogP contribution in [0, 0.1) is 0 Å². The van der Waals surface area contributed by atoms with Crippen LogP contribution in [-0.4, -0.2) is 25.3 Å². The summed E-state index contributed by atoms with van der Waals surface area (Å²) in [6.07, 6.45) is -1.60. The molecule has 1 unspecified atom stereocenters. The molecule has 4 rings (SSSR count). The zero-order chi connectivity index (χ0) is 23.8. The van der Waals surface area contributed by atoms with Crippen LogP contribution in [0.15, 0.2) is 48.0 Å². The second-order valence-electron chi connectivity index (χ2n) is 8.19. The summed E-state index contributed by atoms with van der Waals surface area (Å²) in [7, 11) is -1.17. The summed E-state index contributed by atoms with van der Waals surface area (Å²) in [5.74, 6) is -0.326. The number of hydrogen-bond acceptors (Lipinski definition) is 5. The van der Waals surface area contributed by atoms with Gasteiger partial charge in [-0.05, 0) is 50.5 Å². The number of carbonyl (C=O) groups is 1. The lowest BCUT2D eigenvalue weighted by molar-refractivity contribution is -0.140. The van der Waals surface area contributed by atoms with Crippen molar-refractivity contribution < 1.29 is 22.2 Å². The standard InChI is InChI=1S/C22H21F3N4O2S2/c1-21(2,17-12-32-20(28-17)29-33(31)15-9-10-15)19(30)27-14-7-5-13(6-8-14)16-4-3-11-26-18(16)22(23,24)25/h3-8,11-12,15H,9-10H2,1-2H3,(H,27,30)(H,28,29). The van der Waals surface area contributed by atoms with Crippen molar-refractivity contribution in [2.75, 3.05) is 10.0 Å². The van der Waals surface area contributed by atoms with Crippen molar-refractivity contribution in [1.29, 1.82) is 0 Å². The van der Waals surface area contributed by atoms with E-state index in [0.29, 0.717) is 22.1 Å². The van der Waals surface area contributed by atoms with Crippen LogP contribution < -0.4 is 10.0 Å². The molecule has 1 aliphatic rings. The second kappa shape index (κ2) is 8.86. The lowest BCUT2D eigenvalue weighted by Gasteiger charge is -2.21. The maximum Gasteiger partial charge on any atom is 0.433 e. The van der Waals surface area contributed by atoms with Crippen LogP contribution in [-0.2, 0) is 27.4 Å². The number of benzene rings is 1. The van der Waals surface area contributed by atoms with Crippen LogP contribution in [0.5, 0.6) is 0 Å². The molecule has 174 valence electrons. The number of nitrogens with zero attached hydrogens (tertiary/aromatic N) is 2. The molecule has 3 aromatic rings. The lowest BCUT2D eigenvalue weighted by Crippen LogP contribution is -2.35. The SMILES string of the molecule is CC(C)(C(=O)Nc1ccc(-c2cccnc2C(F)(F)F)cc1)c1csc(NS(=O)C2CC2)n1. The highest BCUT2D eigenvalue weighted by molar-refractivity contribution is 7.87. The van der Waals surface area contributed by atoms with Gasteiger partial charge in [0.25, 0.3) is 0 Å². The number of thiazole rings is 1. The molecular weight excluding hydrogens is 473 g/mol. The first kappa shape index (κ1) is 23.4. The smallest absolute Gasteiger partial charge is 0.325 e. The van der Waals surface area contributed by atoms with Crippen LogP contribution in [0.25, 0.3) is 11.1 Å². The molecule has 33 heavy (non-hydrogen) atoms.